The number of halogens is 4. The van der Waals surface area contributed by atoms with E-state index in [1.54, 1.807) is 16.8 Å². The van der Waals surface area contributed by atoms with Gasteiger partial charge in [-0.3, -0.25) is 0 Å². The number of rotatable bonds is 5. The highest BCUT2D eigenvalue weighted by Crippen LogP contribution is 2.29. The molecular weight excluding hydrogens is 405 g/mol. The van der Waals surface area contributed by atoms with Gasteiger partial charge in [0.2, 0.25) is 0 Å². The summed E-state index contributed by atoms with van der Waals surface area (Å²) in [6.07, 6.45) is -3.04. The lowest BCUT2D eigenvalue weighted by Crippen LogP contribution is -2.08. The Balaban J connectivity index is 1.57. The first kappa shape index (κ1) is 19.1. The number of aromatic nitrogens is 5. The molecular formula is C19H14ClF3N6. The SMILES string of the molecule is FC(F)(F)c1cccc(CNc2ncnc3c2nnn3Cc2ccccc2Cl)c1. The van der Waals surface area contributed by atoms with Crippen molar-refractivity contribution in [2.45, 2.75) is 19.3 Å². The van der Waals surface area contributed by atoms with Crippen molar-refractivity contribution in [3.63, 3.8) is 0 Å². The minimum Gasteiger partial charge on any atom is -0.364 e. The molecule has 0 spiro atoms. The topological polar surface area (TPSA) is 68.5 Å². The number of fused-ring (bicyclic) bond motifs is 1. The lowest BCUT2D eigenvalue weighted by atomic mass is 10.1. The van der Waals surface area contributed by atoms with Crippen molar-refractivity contribution < 1.29 is 13.2 Å². The lowest BCUT2D eigenvalue weighted by Gasteiger charge is -2.10. The molecule has 0 aliphatic carbocycles. The van der Waals surface area contributed by atoms with Crippen LogP contribution in [0.2, 0.25) is 5.02 Å². The minimum atomic E-state index is -4.39. The van der Waals surface area contributed by atoms with E-state index in [4.69, 9.17) is 11.6 Å². The van der Waals surface area contributed by atoms with E-state index in [-0.39, 0.29) is 6.54 Å². The van der Waals surface area contributed by atoms with Crippen molar-refractivity contribution in [2.24, 2.45) is 0 Å². The zero-order valence-electron chi connectivity index (χ0n) is 14.9. The normalized spacial score (nSPS) is 11.7. The van der Waals surface area contributed by atoms with Crippen molar-refractivity contribution in [1.82, 2.24) is 25.0 Å². The highest BCUT2D eigenvalue weighted by atomic mass is 35.5. The molecule has 4 rings (SSSR count). The van der Waals surface area contributed by atoms with Gasteiger partial charge in [0.15, 0.2) is 17.0 Å². The maximum absolute atomic E-state index is 12.9. The number of hydrogen-bond donors (Lipinski definition) is 1. The van der Waals surface area contributed by atoms with Gasteiger partial charge in [-0.25, -0.2) is 14.6 Å². The molecule has 0 aliphatic rings. The summed E-state index contributed by atoms with van der Waals surface area (Å²) in [5.74, 6) is 0.387. The van der Waals surface area contributed by atoms with Gasteiger partial charge in [0.1, 0.15) is 6.33 Å². The first-order valence-electron chi connectivity index (χ1n) is 8.59. The standard InChI is InChI=1S/C19H14ClF3N6/c20-15-7-2-1-5-13(15)10-29-18-16(27-28-29)17(25-11-26-18)24-9-12-4-3-6-14(8-12)19(21,22)23/h1-8,11H,9-10H2,(H,24,25,26). The van der Waals surface area contributed by atoms with E-state index >= 15 is 0 Å². The average Bonchev–Trinajstić information content (AvgIpc) is 3.11. The van der Waals surface area contributed by atoms with Crippen LogP contribution in [0.1, 0.15) is 16.7 Å². The molecule has 1 N–H and O–H groups in total. The van der Waals surface area contributed by atoms with Crippen molar-refractivity contribution in [3.05, 3.63) is 76.6 Å². The van der Waals surface area contributed by atoms with Crippen LogP contribution >= 0.6 is 11.6 Å². The Kier molecular flexibility index (Phi) is 5.06. The van der Waals surface area contributed by atoms with Crippen LogP contribution in [0.3, 0.4) is 0 Å². The summed E-state index contributed by atoms with van der Waals surface area (Å²) in [7, 11) is 0. The predicted molar refractivity (Wildman–Crippen MR) is 102 cm³/mol. The molecule has 0 atom stereocenters. The summed E-state index contributed by atoms with van der Waals surface area (Å²) >= 11 is 6.20. The van der Waals surface area contributed by atoms with Gasteiger partial charge in [-0.05, 0) is 29.3 Å². The van der Waals surface area contributed by atoms with E-state index < -0.39 is 11.7 Å². The van der Waals surface area contributed by atoms with Gasteiger partial charge in [-0.1, -0.05) is 47.1 Å². The third-order valence-corrected chi connectivity index (χ3v) is 4.66. The van der Waals surface area contributed by atoms with E-state index in [9.17, 15) is 13.2 Å². The van der Waals surface area contributed by atoms with Gasteiger partial charge in [-0.15, -0.1) is 5.10 Å². The molecule has 0 bridgehead atoms. The molecule has 0 aliphatic heterocycles. The summed E-state index contributed by atoms with van der Waals surface area (Å²) in [4.78, 5) is 8.37. The Morgan fingerprint density at radius 1 is 1.03 bits per heavy atom. The van der Waals surface area contributed by atoms with Gasteiger partial charge < -0.3 is 5.32 Å². The van der Waals surface area contributed by atoms with Crippen molar-refractivity contribution in [2.75, 3.05) is 5.32 Å². The van der Waals surface area contributed by atoms with Crippen LogP contribution < -0.4 is 5.32 Å². The molecule has 10 heteroatoms. The fourth-order valence-corrected chi connectivity index (χ4v) is 3.05. The molecule has 0 fully saturated rings. The Morgan fingerprint density at radius 3 is 2.66 bits per heavy atom. The second kappa shape index (κ2) is 7.67. The van der Waals surface area contributed by atoms with Crippen LogP contribution in [0.15, 0.2) is 54.9 Å². The van der Waals surface area contributed by atoms with Crippen LogP contribution in [0.5, 0.6) is 0 Å². The maximum Gasteiger partial charge on any atom is 0.416 e. The highest BCUT2D eigenvalue weighted by molar-refractivity contribution is 6.31. The third-order valence-electron chi connectivity index (χ3n) is 4.29. The van der Waals surface area contributed by atoms with E-state index in [0.29, 0.717) is 34.1 Å². The highest BCUT2D eigenvalue weighted by Gasteiger charge is 2.30. The molecule has 0 unspecified atom stereocenters. The first-order chi connectivity index (χ1) is 13.9. The summed E-state index contributed by atoms with van der Waals surface area (Å²) < 4.78 is 40.2. The molecule has 6 nitrogen and oxygen atoms in total. The predicted octanol–water partition coefficient (Wildman–Crippen LogP) is 4.55. The number of nitrogens with one attached hydrogen (secondary N) is 1. The zero-order valence-corrected chi connectivity index (χ0v) is 15.6. The smallest absolute Gasteiger partial charge is 0.364 e. The molecule has 2 aromatic carbocycles. The average molecular weight is 419 g/mol. The minimum absolute atomic E-state index is 0.146. The summed E-state index contributed by atoms with van der Waals surface area (Å²) in [6, 6.07) is 12.5. The summed E-state index contributed by atoms with van der Waals surface area (Å²) in [6.45, 7) is 0.521. The largest absolute Gasteiger partial charge is 0.416 e. The lowest BCUT2D eigenvalue weighted by molar-refractivity contribution is -0.137. The fraction of sp³-hybridized carbons (Fsp3) is 0.158. The Hall–Kier alpha value is -3.20. The van der Waals surface area contributed by atoms with Crippen molar-refractivity contribution in [1.29, 1.82) is 0 Å². The van der Waals surface area contributed by atoms with Gasteiger partial charge in [0.25, 0.3) is 0 Å². The number of anilines is 1. The van der Waals surface area contributed by atoms with Crippen molar-refractivity contribution >= 4 is 28.6 Å². The molecule has 2 heterocycles. The van der Waals surface area contributed by atoms with Crippen LogP contribution in [-0.2, 0) is 19.3 Å². The molecule has 0 amide bonds. The molecule has 0 radical (unpaired) electrons. The van der Waals surface area contributed by atoms with Gasteiger partial charge >= 0.3 is 6.18 Å². The Morgan fingerprint density at radius 2 is 1.86 bits per heavy atom. The number of alkyl halides is 3. The quantitative estimate of drug-likeness (QED) is 0.515. The molecule has 0 saturated heterocycles. The Labute approximate surface area is 168 Å². The number of nitrogens with zero attached hydrogens (tertiary/aromatic N) is 5. The molecule has 148 valence electrons. The molecule has 29 heavy (non-hydrogen) atoms. The van der Waals surface area contributed by atoms with E-state index in [2.05, 4.69) is 25.6 Å². The summed E-state index contributed by atoms with van der Waals surface area (Å²) in [5.41, 5.74) is 1.54. The first-order valence-corrected chi connectivity index (χ1v) is 8.97. The maximum atomic E-state index is 12.9. The van der Waals surface area contributed by atoms with Gasteiger partial charge in [0, 0.05) is 11.6 Å². The van der Waals surface area contributed by atoms with Crippen molar-refractivity contribution in [3.8, 4) is 0 Å². The van der Waals surface area contributed by atoms with Crippen LogP contribution in [0.25, 0.3) is 11.2 Å². The molecule has 2 aromatic heterocycles. The fourth-order valence-electron chi connectivity index (χ4n) is 2.86. The van der Waals surface area contributed by atoms with Crippen LogP contribution in [0.4, 0.5) is 19.0 Å². The van der Waals surface area contributed by atoms with E-state index in [0.717, 1.165) is 17.7 Å². The second-order valence-electron chi connectivity index (χ2n) is 6.28. The number of benzene rings is 2. The second-order valence-corrected chi connectivity index (χ2v) is 6.69. The van der Waals surface area contributed by atoms with E-state index in [1.807, 2.05) is 18.2 Å². The molecule has 4 aromatic rings. The van der Waals surface area contributed by atoms with E-state index in [1.165, 1.54) is 12.4 Å². The van der Waals surface area contributed by atoms with Gasteiger partial charge in [0.05, 0.1) is 12.1 Å². The Bertz CT molecular complexity index is 1160. The van der Waals surface area contributed by atoms with Gasteiger partial charge in [-0.2, -0.15) is 13.2 Å². The third kappa shape index (κ3) is 4.14. The number of hydrogen-bond acceptors (Lipinski definition) is 5. The molecule has 0 saturated carbocycles. The summed E-state index contributed by atoms with van der Waals surface area (Å²) in [5, 5.41) is 11.8. The monoisotopic (exact) mass is 418 g/mol. The van der Waals surface area contributed by atoms with Crippen LogP contribution in [0, 0.1) is 0 Å². The van der Waals surface area contributed by atoms with Crippen LogP contribution in [-0.4, -0.2) is 25.0 Å². The zero-order chi connectivity index (χ0) is 20.4.